The molecule has 1 aliphatic heterocycles. The molecule has 0 spiro atoms. The zero-order chi connectivity index (χ0) is 29.0. The molecule has 0 amide bonds. The highest BCUT2D eigenvalue weighted by atomic mass is 28.4. The van der Waals surface area contributed by atoms with E-state index in [1.807, 2.05) is 13.8 Å². The predicted octanol–water partition coefficient (Wildman–Crippen LogP) is 7.95. The lowest BCUT2D eigenvalue weighted by atomic mass is 9.74. The van der Waals surface area contributed by atoms with Crippen molar-refractivity contribution in [2.45, 2.75) is 70.8 Å². The van der Waals surface area contributed by atoms with E-state index in [2.05, 4.69) is 130 Å². The third-order valence-corrected chi connectivity index (χ3v) is 13.3. The highest BCUT2D eigenvalue weighted by molar-refractivity contribution is 6.74. The van der Waals surface area contributed by atoms with Crippen LogP contribution in [-0.4, -0.2) is 45.0 Å². The molecule has 5 heteroatoms. The summed E-state index contributed by atoms with van der Waals surface area (Å²) in [4.78, 5) is 15.7. The largest absolute Gasteiger partial charge is 0.463 e. The number of benzene rings is 3. The van der Waals surface area contributed by atoms with Gasteiger partial charge in [-0.2, -0.15) is 0 Å². The van der Waals surface area contributed by atoms with Gasteiger partial charge in [0.1, 0.15) is 0 Å². The molecule has 1 saturated heterocycles. The first-order chi connectivity index (χ1) is 19.0. The van der Waals surface area contributed by atoms with Gasteiger partial charge in [0.25, 0.3) is 0 Å². The summed E-state index contributed by atoms with van der Waals surface area (Å²) in [6.07, 6.45) is 0.675. The lowest BCUT2D eigenvalue weighted by Gasteiger charge is -2.50. The van der Waals surface area contributed by atoms with E-state index in [1.54, 1.807) is 0 Å². The Morgan fingerprint density at radius 2 is 1.30 bits per heavy atom. The summed E-state index contributed by atoms with van der Waals surface area (Å²) < 4.78 is 12.5. The van der Waals surface area contributed by atoms with E-state index in [1.165, 1.54) is 16.7 Å². The normalized spacial score (nSPS) is 18.3. The Labute approximate surface area is 242 Å². The molecule has 4 nitrogen and oxygen atoms in total. The van der Waals surface area contributed by atoms with Gasteiger partial charge < -0.3 is 9.16 Å². The monoisotopic (exact) mass is 555 g/mol. The summed E-state index contributed by atoms with van der Waals surface area (Å²) in [5.74, 6) is -0.257. The Bertz CT molecular complexity index is 1200. The van der Waals surface area contributed by atoms with Gasteiger partial charge in [0.05, 0.1) is 18.2 Å². The first-order valence-corrected chi connectivity index (χ1v) is 17.4. The van der Waals surface area contributed by atoms with E-state index in [-0.39, 0.29) is 17.1 Å². The van der Waals surface area contributed by atoms with Gasteiger partial charge in [-0.05, 0) is 60.7 Å². The van der Waals surface area contributed by atoms with Crippen molar-refractivity contribution >= 4 is 14.3 Å². The number of carbonyl (C=O) groups is 1. The zero-order valence-corrected chi connectivity index (χ0v) is 26.2. The Hall–Kier alpha value is -2.99. The highest BCUT2D eigenvalue weighted by Gasteiger charge is 2.47. The lowest BCUT2D eigenvalue weighted by molar-refractivity contribution is -0.138. The quantitative estimate of drug-likeness (QED) is 0.122. The van der Waals surface area contributed by atoms with Gasteiger partial charge in [-0.15, -0.1) is 0 Å². The summed E-state index contributed by atoms with van der Waals surface area (Å²) in [6.45, 7) is 16.9. The van der Waals surface area contributed by atoms with Crippen molar-refractivity contribution in [1.82, 2.24) is 4.90 Å². The van der Waals surface area contributed by atoms with Crippen LogP contribution < -0.4 is 0 Å². The van der Waals surface area contributed by atoms with Gasteiger partial charge in [-0.3, -0.25) is 4.90 Å². The van der Waals surface area contributed by atoms with Crippen LogP contribution in [0.5, 0.6) is 0 Å². The van der Waals surface area contributed by atoms with Crippen LogP contribution in [0.4, 0.5) is 0 Å². The number of likely N-dealkylation sites (tertiary alicyclic amines) is 1. The molecule has 0 aliphatic carbocycles. The summed E-state index contributed by atoms with van der Waals surface area (Å²) in [6, 6.07) is 32.2. The number of carbonyl (C=O) groups excluding carboxylic acids is 1. The first kappa shape index (κ1) is 30.0. The minimum Gasteiger partial charge on any atom is -0.463 e. The van der Waals surface area contributed by atoms with Crippen LogP contribution in [0.25, 0.3) is 0 Å². The smallest absolute Gasteiger partial charge is 0.333 e. The number of hydrogen-bond acceptors (Lipinski definition) is 4. The topological polar surface area (TPSA) is 38.8 Å². The molecule has 3 aromatic carbocycles. The summed E-state index contributed by atoms with van der Waals surface area (Å²) in [5, 5.41) is 0.0644. The van der Waals surface area contributed by atoms with Crippen molar-refractivity contribution in [3.05, 3.63) is 119 Å². The van der Waals surface area contributed by atoms with E-state index in [9.17, 15) is 4.79 Å². The highest BCUT2D eigenvalue weighted by Crippen LogP contribution is 2.46. The minimum absolute atomic E-state index is 0.0644. The Kier molecular flexibility index (Phi) is 9.18. The molecular weight excluding hydrogens is 510 g/mol. The molecule has 40 heavy (non-hydrogen) atoms. The maximum absolute atomic E-state index is 13.2. The number of piperidine rings is 1. The fraction of sp³-hybridized carbons (Fsp3) is 0.400. The number of hydrogen-bond donors (Lipinski definition) is 0. The fourth-order valence-electron chi connectivity index (χ4n) is 5.60. The molecule has 1 fully saturated rings. The number of ether oxygens (including phenoxy) is 1. The molecule has 4 rings (SSSR count). The molecule has 1 atom stereocenters. The Morgan fingerprint density at radius 3 is 1.70 bits per heavy atom. The van der Waals surface area contributed by atoms with Gasteiger partial charge >= 0.3 is 5.97 Å². The van der Waals surface area contributed by atoms with Crippen molar-refractivity contribution in [3.63, 3.8) is 0 Å². The van der Waals surface area contributed by atoms with Gasteiger partial charge in [-0.25, -0.2) is 4.79 Å². The molecule has 1 heterocycles. The predicted molar refractivity (Wildman–Crippen MR) is 167 cm³/mol. The van der Waals surface area contributed by atoms with Crippen molar-refractivity contribution in [2.75, 3.05) is 19.7 Å². The molecule has 0 N–H and O–H groups in total. The van der Waals surface area contributed by atoms with E-state index in [4.69, 9.17) is 9.16 Å². The van der Waals surface area contributed by atoms with Gasteiger partial charge in [0.2, 0.25) is 0 Å². The molecule has 0 bridgehead atoms. The van der Waals surface area contributed by atoms with Crippen LogP contribution in [0, 0.1) is 0 Å². The summed E-state index contributed by atoms with van der Waals surface area (Å²) in [7, 11) is -2.10. The minimum atomic E-state index is -2.10. The molecule has 1 unspecified atom stereocenters. The van der Waals surface area contributed by atoms with Crippen LogP contribution in [0.2, 0.25) is 18.1 Å². The average molecular weight is 556 g/mol. The first-order valence-electron chi connectivity index (χ1n) is 14.5. The van der Waals surface area contributed by atoms with Gasteiger partial charge in [0, 0.05) is 18.7 Å². The standard InChI is InChI=1S/C35H45NO3Si/c1-8-38-33(37)27(2)31-26-36(25-24-32(31)39-40(6,7)34(3,4)5)35(28-18-12-9-13-19-28,29-20-14-10-15-21-29)30-22-16-11-17-23-30/h9-23,32H,8,24-26H2,1-7H3. The zero-order valence-electron chi connectivity index (χ0n) is 25.2. The second-order valence-electron chi connectivity index (χ2n) is 12.3. The number of nitrogens with zero attached hydrogens (tertiary/aromatic N) is 1. The van der Waals surface area contributed by atoms with Crippen molar-refractivity contribution < 1.29 is 14.0 Å². The second-order valence-corrected chi connectivity index (χ2v) is 17.0. The van der Waals surface area contributed by atoms with E-state index >= 15 is 0 Å². The number of esters is 1. The molecule has 0 radical (unpaired) electrons. The molecule has 1 aliphatic rings. The van der Waals surface area contributed by atoms with Crippen LogP contribution in [0.3, 0.4) is 0 Å². The van der Waals surface area contributed by atoms with Crippen molar-refractivity contribution in [1.29, 1.82) is 0 Å². The lowest BCUT2D eigenvalue weighted by Crippen LogP contribution is -2.55. The average Bonchev–Trinajstić information content (AvgIpc) is 2.95. The summed E-state index contributed by atoms with van der Waals surface area (Å²) >= 11 is 0. The molecule has 212 valence electrons. The second kappa shape index (κ2) is 12.3. The van der Waals surface area contributed by atoms with Crippen molar-refractivity contribution in [2.24, 2.45) is 0 Å². The van der Waals surface area contributed by atoms with Crippen LogP contribution in [0.1, 0.15) is 57.7 Å². The Morgan fingerprint density at radius 1 is 0.850 bits per heavy atom. The van der Waals surface area contributed by atoms with Crippen LogP contribution in [-0.2, 0) is 19.5 Å². The Balaban J connectivity index is 1.91. The summed E-state index contributed by atoms with van der Waals surface area (Å²) in [5.41, 5.74) is 4.74. The fourth-order valence-corrected chi connectivity index (χ4v) is 6.92. The van der Waals surface area contributed by atoms with Gasteiger partial charge in [0.15, 0.2) is 8.32 Å². The van der Waals surface area contributed by atoms with Crippen LogP contribution >= 0.6 is 0 Å². The van der Waals surface area contributed by atoms with Gasteiger partial charge in [-0.1, -0.05) is 112 Å². The SMILES string of the molecule is CCOC(=O)C(C)=C1CN(C(c2ccccc2)(c2ccccc2)c2ccccc2)CCC1O[Si](C)(C)C(C)(C)C. The maximum Gasteiger partial charge on any atom is 0.333 e. The molecule has 3 aromatic rings. The van der Waals surface area contributed by atoms with E-state index in [0.29, 0.717) is 18.7 Å². The molecule has 0 aromatic heterocycles. The van der Waals surface area contributed by atoms with E-state index in [0.717, 1.165) is 18.5 Å². The molecular formula is C35H45NO3Si. The maximum atomic E-state index is 13.2. The van der Waals surface area contributed by atoms with E-state index < -0.39 is 13.9 Å². The van der Waals surface area contributed by atoms with Crippen molar-refractivity contribution in [3.8, 4) is 0 Å². The number of rotatable bonds is 8. The molecule has 0 saturated carbocycles. The third kappa shape index (κ3) is 5.88. The van der Waals surface area contributed by atoms with Crippen LogP contribution in [0.15, 0.2) is 102 Å². The third-order valence-electron chi connectivity index (χ3n) is 8.77.